The summed E-state index contributed by atoms with van der Waals surface area (Å²) in [5.41, 5.74) is -1.79. The fraction of sp³-hybridized carbons (Fsp3) is 0.115. The number of aromatic hydroxyl groups is 1. The minimum Gasteiger partial charge on any atom is -0.493 e. The maximum atomic E-state index is 13.5. The van der Waals surface area contributed by atoms with Gasteiger partial charge in [0, 0.05) is 5.69 Å². The smallest absolute Gasteiger partial charge is 0.416 e. The van der Waals surface area contributed by atoms with Crippen molar-refractivity contribution in [1.82, 2.24) is 9.55 Å². The van der Waals surface area contributed by atoms with Gasteiger partial charge in [0.05, 0.1) is 17.8 Å². The van der Waals surface area contributed by atoms with Gasteiger partial charge in [-0.1, -0.05) is 54.6 Å². The Kier molecular flexibility index (Phi) is 6.77. The van der Waals surface area contributed by atoms with E-state index in [1.54, 1.807) is 61.5 Å². The molecule has 10 heteroatoms. The average molecular weight is 494 g/mol. The lowest BCUT2D eigenvalue weighted by Crippen LogP contribution is -2.35. The summed E-state index contributed by atoms with van der Waals surface area (Å²) in [6, 6.07) is 20.1. The molecule has 4 aromatic rings. The number of alkyl halides is 3. The maximum absolute atomic E-state index is 13.5. The highest BCUT2D eigenvalue weighted by Crippen LogP contribution is 2.32. The fourth-order valence-electron chi connectivity index (χ4n) is 3.71. The summed E-state index contributed by atoms with van der Waals surface area (Å²) >= 11 is 0. The Hall–Kier alpha value is -4.60. The monoisotopic (exact) mass is 494 g/mol. The summed E-state index contributed by atoms with van der Waals surface area (Å²) in [7, 11) is 0. The number of hydrogen-bond donors (Lipinski definition) is 3. The van der Waals surface area contributed by atoms with Crippen LogP contribution in [0.3, 0.4) is 0 Å². The van der Waals surface area contributed by atoms with Crippen molar-refractivity contribution in [3.8, 4) is 11.6 Å². The highest BCUT2D eigenvalue weighted by Gasteiger charge is 2.33. The van der Waals surface area contributed by atoms with Crippen molar-refractivity contribution in [2.75, 3.05) is 5.32 Å². The Bertz CT molecular complexity index is 1540. The number of benzene rings is 3. The number of H-pyrrole nitrogens is 1. The first-order valence-corrected chi connectivity index (χ1v) is 10.8. The van der Waals surface area contributed by atoms with E-state index in [2.05, 4.69) is 15.3 Å². The SMILES string of the molecule is Cc1ccccc1-n1c(O)c(C(=NCc2ccccc2C(F)(F)F)Nc2ccccc2)c(=O)[nH]c1=O. The van der Waals surface area contributed by atoms with E-state index in [-0.39, 0.29) is 11.4 Å². The van der Waals surface area contributed by atoms with E-state index in [0.29, 0.717) is 16.9 Å². The molecule has 0 unspecified atom stereocenters. The molecular formula is C26H21F3N4O3. The zero-order valence-electron chi connectivity index (χ0n) is 19.0. The number of aromatic nitrogens is 2. The second kappa shape index (κ2) is 9.95. The van der Waals surface area contributed by atoms with Crippen molar-refractivity contribution in [3.63, 3.8) is 0 Å². The van der Waals surface area contributed by atoms with Crippen LogP contribution in [-0.4, -0.2) is 20.5 Å². The first-order chi connectivity index (χ1) is 17.2. The number of nitrogens with zero attached hydrogens (tertiary/aromatic N) is 2. The minimum absolute atomic E-state index is 0.125. The molecule has 0 bridgehead atoms. The Morgan fingerprint density at radius 1 is 0.972 bits per heavy atom. The first-order valence-electron chi connectivity index (χ1n) is 10.8. The van der Waals surface area contributed by atoms with Gasteiger partial charge in [-0.25, -0.2) is 9.36 Å². The van der Waals surface area contributed by atoms with E-state index in [1.165, 1.54) is 18.2 Å². The van der Waals surface area contributed by atoms with Crippen molar-refractivity contribution in [2.45, 2.75) is 19.6 Å². The molecule has 1 aromatic heterocycles. The number of anilines is 1. The Morgan fingerprint density at radius 3 is 2.31 bits per heavy atom. The Labute approximate surface area is 203 Å². The summed E-state index contributed by atoms with van der Waals surface area (Å²) in [6.45, 7) is 1.27. The molecule has 0 aliphatic rings. The molecule has 4 rings (SSSR count). The molecule has 0 amide bonds. The molecule has 3 N–H and O–H groups in total. The van der Waals surface area contributed by atoms with E-state index in [0.717, 1.165) is 10.6 Å². The number of amidine groups is 1. The predicted octanol–water partition coefficient (Wildman–Crippen LogP) is 4.62. The van der Waals surface area contributed by atoms with Gasteiger partial charge in [-0.15, -0.1) is 0 Å². The van der Waals surface area contributed by atoms with Gasteiger partial charge in [-0.05, 0) is 42.3 Å². The number of halogens is 3. The quantitative estimate of drug-likeness (QED) is 0.279. The lowest BCUT2D eigenvalue weighted by Gasteiger charge is -2.16. The number of hydrogen-bond acceptors (Lipinski definition) is 4. The first kappa shape index (κ1) is 24.5. The molecular weight excluding hydrogens is 473 g/mol. The molecule has 0 saturated carbocycles. The second-order valence-electron chi connectivity index (χ2n) is 7.89. The molecule has 0 spiro atoms. The Balaban J connectivity index is 1.90. The lowest BCUT2D eigenvalue weighted by atomic mass is 10.1. The summed E-state index contributed by atoms with van der Waals surface area (Å²) < 4.78 is 41.4. The number of rotatable bonds is 5. The molecule has 0 aliphatic carbocycles. The highest BCUT2D eigenvalue weighted by molar-refractivity contribution is 6.09. The molecule has 0 aliphatic heterocycles. The zero-order chi connectivity index (χ0) is 25.9. The van der Waals surface area contributed by atoms with Crippen LogP contribution >= 0.6 is 0 Å². The van der Waals surface area contributed by atoms with Gasteiger partial charge in [-0.3, -0.25) is 14.8 Å². The topological polar surface area (TPSA) is 99.5 Å². The van der Waals surface area contributed by atoms with Crippen molar-refractivity contribution in [2.24, 2.45) is 4.99 Å². The molecule has 0 saturated heterocycles. The van der Waals surface area contributed by atoms with Crippen LogP contribution in [0, 0.1) is 6.92 Å². The van der Waals surface area contributed by atoms with Gasteiger partial charge in [-0.2, -0.15) is 13.2 Å². The van der Waals surface area contributed by atoms with Gasteiger partial charge in [0.15, 0.2) is 0 Å². The summed E-state index contributed by atoms with van der Waals surface area (Å²) in [5, 5.41) is 14.0. The van der Waals surface area contributed by atoms with Crippen LogP contribution in [0.15, 0.2) is 93.4 Å². The van der Waals surface area contributed by atoms with Gasteiger partial charge in [0.25, 0.3) is 5.56 Å². The van der Waals surface area contributed by atoms with E-state index in [9.17, 15) is 27.9 Å². The zero-order valence-corrected chi connectivity index (χ0v) is 19.0. The van der Waals surface area contributed by atoms with Gasteiger partial charge >= 0.3 is 11.9 Å². The molecule has 184 valence electrons. The third-order valence-electron chi connectivity index (χ3n) is 5.45. The largest absolute Gasteiger partial charge is 0.493 e. The molecule has 0 atom stereocenters. The fourth-order valence-corrected chi connectivity index (χ4v) is 3.71. The van der Waals surface area contributed by atoms with Crippen molar-refractivity contribution in [1.29, 1.82) is 0 Å². The molecule has 0 fully saturated rings. The van der Waals surface area contributed by atoms with Gasteiger partial charge in [0.1, 0.15) is 11.4 Å². The van der Waals surface area contributed by atoms with Crippen molar-refractivity contribution < 1.29 is 18.3 Å². The molecule has 0 radical (unpaired) electrons. The lowest BCUT2D eigenvalue weighted by molar-refractivity contribution is -0.138. The van der Waals surface area contributed by atoms with Crippen molar-refractivity contribution in [3.05, 3.63) is 122 Å². The molecule has 7 nitrogen and oxygen atoms in total. The second-order valence-corrected chi connectivity index (χ2v) is 7.89. The van der Waals surface area contributed by atoms with E-state index < -0.39 is 41.0 Å². The highest BCUT2D eigenvalue weighted by atomic mass is 19.4. The van der Waals surface area contributed by atoms with Gasteiger partial charge in [0.2, 0.25) is 5.88 Å². The van der Waals surface area contributed by atoms with Crippen LogP contribution in [-0.2, 0) is 12.7 Å². The van der Waals surface area contributed by atoms with Crippen molar-refractivity contribution >= 4 is 11.5 Å². The standard InChI is InChI=1S/C26H21F3N4O3/c1-16-9-5-8-14-20(16)33-24(35)21(23(34)32-25(33)36)22(31-18-11-3-2-4-12-18)30-15-17-10-6-7-13-19(17)26(27,28)29/h2-14,35H,15H2,1H3,(H,30,31)(H,32,34,36). The number of aliphatic imine (C=N–C) groups is 1. The van der Waals surface area contributed by atoms with E-state index in [4.69, 9.17) is 0 Å². The number of aromatic amines is 1. The van der Waals surface area contributed by atoms with Crippen LogP contribution in [0.4, 0.5) is 18.9 Å². The maximum Gasteiger partial charge on any atom is 0.416 e. The molecule has 1 heterocycles. The van der Waals surface area contributed by atoms with E-state index >= 15 is 0 Å². The minimum atomic E-state index is -4.60. The third kappa shape index (κ3) is 5.07. The van der Waals surface area contributed by atoms with Gasteiger partial charge < -0.3 is 10.4 Å². The summed E-state index contributed by atoms with van der Waals surface area (Å²) in [5.74, 6) is -0.913. The molecule has 36 heavy (non-hydrogen) atoms. The third-order valence-corrected chi connectivity index (χ3v) is 5.45. The summed E-state index contributed by atoms with van der Waals surface area (Å²) in [4.78, 5) is 31.9. The predicted molar refractivity (Wildman–Crippen MR) is 131 cm³/mol. The van der Waals surface area contributed by atoms with Crippen LogP contribution in [0.2, 0.25) is 0 Å². The normalized spacial score (nSPS) is 11.9. The summed E-state index contributed by atoms with van der Waals surface area (Å²) in [6.07, 6.45) is -4.60. The average Bonchev–Trinajstić information content (AvgIpc) is 2.83. The molecule has 3 aromatic carbocycles. The van der Waals surface area contributed by atoms with Crippen LogP contribution in [0.1, 0.15) is 22.3 Å². The van der Waals surface area contributed by atoms with Crippen LogP contribution in [0.25, 0.3) is 5.69 Å². The number of aryl methyl sites for hydroxylation is 1. The number of nitrogens with one attached hydrogen (secondary N) is 2. The number of para-hydroxylation sites is 2. The van der Waals surface area contributed by atoms with E-state index in [1.807, 2.05) is 0 Å². The van der Waals surface area contributed by atoms with Crippen LogP contribution < -0.4 is 16.6 Å². The Morgan fingerprint density at radius 2 is 1.61 bits per heavy atom. The van der Waals surface area contributed by atoms with Crippen LogP contribution in [0.5, 0.6) is 5.88 Å².